The van der Waals surface area contributed by atoms with E-state index in [4.69, 9.17) is 9.41 Å². The molecule has 29 heavy (non-hydrogen) atoms. The molecule has 0 radical (unpaired) electrons. The fraction of sp³-hybridized carbons (Fsp3) is 0.455. The quantitative estimate of drug-likeness (QED) is 0.313. The van der Waals surface area contributed by atoms with Crippen molar-refractivity contribution >= 4 is 40.9 Å². The van der Waals surface area contributed by atoms with Crippen LogP contribution in [0.15, 0.2) is 52.1 Å². The van der Waals surface area contributed by atoms with Crippen molar-refractivity contribution in [2.45, 2.75) is 26.2 Å². The molecule has 1 N–H and O–H groups in total. The number of para-hydroxylation sites is 1. The molecule has 7 heteroatoms. The van der Waals surface area contributed by atoms with E-state index in [-0.39, 0.29) is 24.0 Å². The van der Waals surface area contributed by atoms with Crippen LogP contribution in [-0.4, -0.2) is 46.8 Å². The number of guanidine groups is 1. The number of fused-ring (bicyclic) bond motifs is 1. The molecule has 1 atom stereocenters. The monoisotopic (exact) mass is 507 g/mol. The number of hydrogen-bond donors (Lipinski definition) is 1. The van der Waals surface area contributed by atoms with Crippen LogP contribution in [0.25, 0.3) is 11.0 Å². The van der Waals surface area contributed by atoms with Crippen LogP contribution >= 0.6 is 24.0 Å². The largest absolute Gasteiger partial charge is 0.461 e. The van der Waals surface area contributed by atoms with Crippen LogP contribution in [-0.2, 0) is 19.9 Å². The fourth-order valence-electron chi connectivity index (χ4n) is 3.96. The summed E-state index contributed by atoms with van der Waals surface area (Å²) in [6.45, 7) is 5.84. The minimum Gasteiger partial charge on any atom is -0.461 e. The predicted molar refractivity (Wildman–Crippen MR) is 128 cm³/mol. The van der Waals surface area contributed by atoms with E-state index < -0.39 is 0 Å². The molecule has 3 aromatic rings. The topological polar surface area (TPSA) is 58.6 Å². The third kappa shape index (κ3) is 5.52. The van der Waals surface area contributed by atoms with E-state index in [1.165, 1.54) is 12.0 Å². The van der Waals surface area contributed by atoms with Gasteiger partial charge in [-0.25, -0.2) is 0 Å². The first kappa shape index (κ1) is 21.7. The summed E-state index contributed by atoms with van der Waals surface area (Å²) in [6, 6.07) is 10.3. The predicted octanol–water partition coefficient (Wildman–Crippen LogP) is 3.86. The Hall–Kier alpha value is -2.03. The van der Waals surface area contributed by atoms with E-state index in [1.54, 1.807) is 0 Å². The van der Waals surface area contributed by atoms with Gasteiger partial charge in [0.15, 0.2) is 5.96 Å². The average molecular weight is 507 g/mol. The van der Waals surface area contributed by atoms with Crippen LogP contribution in [0.1, 0.15) is 24.7 Å². The van der Waals surface area contributed by atoms with Crippen molar-refractivity contribution < 1.29 is 4.42 Å². The summed E-state index contributed by atoms with van der Waals surface area (Å²) >= 11 is 0. The Bertz CT molecular complexity index is 914. The van der Waals surface area contributed by atoms with E-state index >= 15 is 0 Å². The van der Waals surface area contributed by atoms with E-state index in [9.17, 15) is 0 Å². The minimum atomic E-state index is 0. The van der Waals surface area contributed by atoms with Gasteiger partial charge < -0.3 is 14.6 Å². The summed E-state index contributed by atoms with van der Waals surface area (Å²) in [5, 5.41) is 8.90. The smallest absolute Gasteiger partial charge is 0.193 e. The molecule has 0 amide bonds. The second-order valence-corrected chi connectivity index (χ2v) is 7.56. The molecule has 4 rings (SSSR count). The second-order valence-electron chi connectivity index (χ2n) is 7.56. The maximum absolute atomic E-state index is 5.91. The van der Waals surface area contributed by atoms with E-state index in [0.717, 1.165) is 61.7 Å². The Morgan fingerprint density at radius 3 is 2.97 bits per heavy atom. The SMILES string of the molecule is CCNC(=NCCc1cc2ccccc2o1)N1CCC(Cc2cnn(C)c2)C1.I. The van der Waals surface area contributed by atoms with Crippen molar-refractivity contribution in [3.63, 3.8) is 0 Å². The summed E-state index contributed by atoms with van der Waals surface area (Å²) in [5.74, 6) is 2.67. The lowest BCUT2D eigenvalue weighted by Gasteiger charge is -2.21. The van der Waals surface area contributed by atoms with Crippen LogP contribution < -0.4 is 5.32 Å². The number of benzene rings is 1. The lowest BCUT2D eigenvalue weighted by atomic mass is 10.0. The number of rotatable bonds is 6. The van der Waals surface area contributed by atoms with Crippen LogP contribution in [0.3, 0.4) is 0 Å². The molecule has 1 saturated heterocycles. The molecule has 156 valence electrons. The van der Waals surface area contributed by atoms with Gasteiger partial charge in [-0.15, -0.1) is 24.0 Å². The van der Waals surface area contributed by atoms with Crippen molar-refractivity contribution in [3.8, 4) is 0 Å². The Morgan fingerprint density at radius 2 is 2.21 bits per heavy atom. The highest BCUT2D eigenvalue weighted by molar-refractivity contribution is 14.0. The average Bonchev–Trinajstić information content (AvgIpc) is 3.41. The third-order valence-electron chi connectivity index (χ3n) is 5.30. The zero-order valence-corrected chi connectivity index (χ0v) is 19.5. The molecule has 0 aliphatic carbocycles. The number of aromatic nitrogens is 2. The van der Waals surface area contributed by atoms with Crippen molar-refractivity contribution in [3.05, 3.63) is 54.0 Å². The highest BCUT2D eigenvalue weighted by Crippen LogP contribution is 2.21. The van der Waals surface area contributed by atoms with Crippen LogP contribution in [0.4, 0.5) is 0 Å². The summed E-state index contributed by atoms with van der Waals surface area (Å²) in [6.07, 6.45) is 7.20. The third-order valence-corrected chi connectivity index (χ3v) is 5.30. The minimum absolute atomic E-state index is 0. The maximum atomic E-state index is 5.91. The van der Waals surface area contributed by atoms with E-state index in [1.807, 2.05) is 36.1 Å². The lowest BCUT2D eigenvalue weighted by Crippen LogP contribution is -2.40. The number of halogens is 1. The Morgan fingerprint density at radius 1 is 1.34 bits per heavy atom. The molecular weight excluding hydrogens is 477 g/mol. The van der Waals surface area contributed by atoms with Gasteiger partial charge in [0.05, 0.1) is 6.20 Å². The molecule has 1 unspecified atom stereocenters. The molecule has 0 bridgehead atoms. The number of hydrogen-bond acceptors (Lipinski definition) is 3. The van der Waals surface area contributed by atoms with Crippen molar-refractivity contribution in [1.82, 2.24) is 20.0 Å². The van der Waals surface area contributed by atoms with Gasteiger partial charge in [-0.2, -0.15) is 5.10 Å². The number of aliphatic imine (C=N–C) groups is 1. The van der Waals surface area contributed by atoms with Crippen LogP contribution in [0.2, 0.25) is 0 Å². The van der Waals surface area contributed by atoms with Gasteiger partial charge in [-0.05, 0) is 43.4 Å². The summed E-state index contributed by atoms with van der Waals surface area (Å²) in [7, 11) is 1.97. The van der Waals surface area contributed by atoms with Crippen LogP contribution in [0.5, 0.6) is 0 Å². The van der Waals surface area contributed by atoms with Gasteiger partial charge in [0.25, 0.3) is 0 Å². The summed E-state index contributed by atoms with van der Waals surface area (Å²) in [4.78, 5) is 7.25. The molecule has 0 saturated carbocycles. The zero-order valence-electron chi connectivity index (χ0n) is 17.2. The van der Waals surface area contributed by atoms with E-state index in [0.29, 0.717) is 5.92 Å². The Balaban J connectivity index is 0.00000240. The summed E-state index contributed by atoms with van der Waals surface area (Å²) in [5.41, 5.74) is 2.27. The number of nitrogens with one attached hydrogen (secondary N) is 1. The Labute approximate surface area is 189 Å². The lowest BCUT2D eigenvalue weighted by molar-refractivity contribution is 0.459. The molecule has 1 aromatic carbocycles. The molecule has 1 aliphatic rings. The molecule has 0 spiro atoms. The Kier molecular flexibility index (Phi) is 7.57. The first-order chi connectivity index (χ1) is 13.7. The molecule has 3 heterocycles. The van der Waals surface area contributed by atoms with Gasteiger partial charge in [-0.3, -0.25) is 9.67 Å². The molecule has 1 fully saturated rings. The first-order valence-corrected chi connectivity index (χ1v) is 10.2. The molecule has 6 nitrogen and oxygen atoms in total. The number of furan rings is 1. The highest BCUT2D eigenvalue weighted by atomic mass is 127. The van der Waals surface area contributed by atoms with Gasteiger partial charge in [-0.1, -0.05) is 18.2 Å². The van der Waals surface area contributed by atoms with Crippen molar-refractivity contribution in [2.24, 2.45) is 18.0 Å². The highest BCUT2D eigenvalue weighted by Gasteiger charge is 2.25. The number of aryl methyl sites for hydroxylation is 1. The first-order valence-electron chi connectivity index (χ1n) is 10.2. The van der Waals surface area contributed by atoms with E-state index in [2.05, 4.69) is 40.6 Å². The van der Waals surface area contributed by atoms with Gasteiger partial charge >= 0.3 is 0 Å². The van der Waals surface area contributed by atoms with Gasteiger partial charge in [0.1, 0.15) is 11.3 Å². The normalized spacial score (nSPS) is 17.0. The zero-order chi connectivity index (χ0) is 19.3. The van der Waals surface area contributed by atoms with Crippen molar-refractivity contribution in [1.29, 1.82) is 0 Å². The van der Waals surface area contributed by atoms with Crippen molar-refractivity contribution in [2.75, 3.05) is 26.2 Å². The van der Waals surface area contributed by atoms with Gasteiger partial charge in [0.2, 0.25) is 0 Å². The van der Waals surface area contributed by atoms with Crippen LogP contribution in [0, 0.1) is 5.92 Å². The maximum Gasteiger partial charge on any atom is 0.193 e. The molecule has 1 aliphatic heterocycles. The van der Waals surface area contributed by atoms with Gasteiger partial charge in [0, 0.05) is 51.2 Å². The summed E-state index contributed by atoms with van der Waals surface area (Å²) < 4.78 is 7.79. The second kappa shape index (κ2) is 10.1. The standard InChI is InChI=1S/C22H29N5O.HI/c1-3-23-22(24-10-8-20-13-19-6-4-5-7-21(19)28-20)27-11-9-17(16-27)12-18-14-25-26(2)15-18;/h4-7,13-15,17H,3,8-12,16H2,1-2H3,(H,23,24);1H. The molecular formula is C22H30IN5O. The number of likely N-dealkylation sites (tertiary alicyclic amines) is 1. The molecule has 2 aromatic heterocycles. The number of nitrogens with zero attached hydrogens (tertiary/aromatic N) is 4. The fourth-order valence-corrected chi connectivity index (χ4v) is 3.96.